The number of piperazine rings is 1. The standard InChI is InChI=1S/C32H29Cl3F2N6O3/c1-6-20(44)42-10-9-41(13-16(42)5)29-17-11-19(33)27(21-22(34)25(37)23(35)30(45)24(21)36)40-31(17)43(32(46)18(29)12-38)28-15(4)7-8-39-26(28)14(2)3/h6-8,11,14-16,28,45H,1,9-10,13H2,2-5H3/t15?,16-,28?/m1/s1. The largest absolute Gasteiger partial charge is 0.504 e. The number of aromatic nitrogens is 2. The van der Waals surface area contributed by atoms with Gasteiger partial charge >= 0.3 is 0 Å². The van der Waals surface area contributed by atoms with Gasteiger partial charge in [0.25, 0.3) is 5.56 Å². The molecule has 1 N–H and O–H groups in total. The number of carbonyl (C=O) groups is 1. The maximum atomic E-state index is 15.5. The van der Waals surface area contributed by atoms with E-state index in [1.165, 1.54) is 16.7 Å². The number of aliphatic imine (C=N–C) groups is 1. The van der Waals surface area contributed by atoms with Crippen LogP contribution in [0.25, 0.3) is 22.3 Å². The average Bonchev–Trinajstić information content (AvgIpc) is 3.02. The van der Waals surface area contributed by atoms with Gasteiger partial charge in [0.15, 0.2) is 17.4 Å². The number of phenols is 1. The lowest BCUT2D eigenvalue weighted by Crippen LogP contribution is -2.54. The van der Waals surface area contributed by atoms with E-state index in [1.54, 1.807) is 11.1 Å². The van der Waals surface area contributed by atoms with Crippen molar-refractivity contribution in [2.45, 2.75) is 39.8 Å². The van der Waals surface area contributed by atoms with E-state index in [9.17, 15) is 24.3 Å². The molecule has 9 nitrogen and oxygen atoms in total. The molecule has 2 aliphatic heterocycles. The van der Waals surface area contributed by atoms with Gasteiger partial charge in [0, 0.05) is 48.9 Å². The zero-order valence-electron chi connectivity index (χ0n) is 25.3. The van der Waals surface area contributed by atoms with Gasteiger partial charge in [-0.2, -0.15) is 5.26 Å². The lowest BCUT2D eigenvalue weighted by atomic mass is 9.88. The number of fused-ring (bicyclic) bond motifs is 1. The Morgan fingerprint density at radius 1 is 1.20 bits per heavy atom. The number of anilines is 1. The van der Waals surface area contributed by atoms with Gasteiger partial charge in [0.2, 0.25) is 5.91 Å². The Bertz CT molecular complexity index is 1940. The molecule has 5 rings (SSSR count). The van der Waals surface area contributed by atoms with Crippen LogP contribution in [0.15, 0.2) is 40.8 Å². The van der Waals surface area contributed by atoms with Crippen LogP contribution in [-0.4, -0.2) is 56.9 Å². The summed E-state index contributed by atoms with van der Waals surface area (Å²) in [5, 5.41) is 19.1. The van der Waals surface area contributed by atoms with Crippen LogP contribution in [0.2, 0.25) is 15.1 Å². The van der Waals surface area contributed by atoms with E-state index in [0.717, 1.165) is 0 Å². The molecule has 1 fully saturated rings. The van der Waals surface area contributed by atoms with Crippen LogP contribution in [0.1, 0.15) is 39.3 Å². The van der Waals surface area contributed by atoms with Gasteiger partial charge in [-0.05, 0) is 25.0 Å². The molecule has 1 saturated heterocycles. The van der Waals surface area contributed by atoms with E-state index >= 15 is 4.39 Å². The summed E-state index contributed by atoms with van der Waals surface area (Å²) >= 11 is 18.7. The first-order valence-corrected chi connectivity index (χ1v) is 15.5. The van der Waals surface area contributed by atoms with Crippen molar-refractivity contribution in [3.63, 3.8) is 0 Å². The first-order valence-electron chi connectivity index (χ1n) is 14.4. The maximum absolute atomic E-state index is 15.5. The highest BCUT2D eigenvalue weighted by atomic mass is 35.5. The number of benzene rings is 1. The number of hydrogen-bond donors (Lipinski definition) is 1. The molecule has 14 heteroatoms. The molecule has 240 valence electrons. The van der Waals surface area contributed by atoms with Crippen molar-refractivity contribution in [2.75, 3.05) is 24.5 Å². The minimum absolute atomic E-state index is 0.00136. The molecule has 0 bridgehead atoms. The average molecular weight is 690 g/mol. The molecule has 2 aromatic heterocycles. The van der Waals surface area contributed by atoms with Crippen molar-refractivity contribution in [3.05, 3.63) is 73.6 Å². The fourth-order valence-corrected chi connectivity index (χ4v) is 6.90. The van der Waals surface area contributed by atoms with Crippen LogP contribution in [0.3, 0.4) is 0 Å². The summed E-state index contributed by atoms with van der Waals surface area (Å²) < 4.78 is 31.8. The summed E-state index contributed by atoms with van der Waals surface area (Å²) in [6.45, 7) is 11.9. The fourth-order valence-electron chi connectivity index (χ4n) is 6.16. The number of nitrogens with zero attached hydrogens (tertiary/aromatic N) is 6. The van der Waals surface area contributed by atoms with Crippen molar-refractivity contribution in [1.82, 2.24) is 14.5 Å². The summed E-state index contributed by atoms with van der Waals surface area (Å²) in [4.78, 5) is 39.6. The zero-order valence-corrected chi connectivity index (χ0v) is 27.6. The minimum Gasteiger partial charge on any atom is -0.504 e. The molecule has 1 aromatic carbocycles. The summed E-state index contributed by atoms with van der Waals surface area (Å²) in [5.74, 6) is -4.49. The Hall–Kier alpha value is -3.98. The number of hydrogen-bond acceptors (Lipinski definition) is 7. The first-order chi connectivity index (χ1) is 21.7. The minimum atomic E-state index is -1.36. The normalized spacial score (nSPS) is 19.8. The van der Waals surface area contributed by atoms with E-state index in [4.69, 9.17) is 34.8 Å². The molecule has 46 heavy (non-hydrogen) atoms. The number of aromatic hydroxyl groups is 1. The summed E-state index contributed by atoms with van der Waals surface area (Å²) in [6.07, 6.45) is 4.69. The molecular formula is C32H29Cl3F2N6O3. The second kappa shape index (κ2) is 12.7. The van der Waals surface area contributed by atoms with Crippen LogP contribution in [-0.2, 0) is 4.79 Å². The van der Waals surface area contributed by atoms with Gasteiger partial charge in [-0.1, -0.05) is 68.2 Å². The third kappa shape index (κ3) is 5.32. The zero-order chi connectivity index (χ0) is 33.8. The third-order valence-electron chi connectivity index (χ3n) is 8.38. The van der Waals surface area contributed by atoms with Crippen molar-refractivity contribution in [2.24, 2.45) is 16.8 Å². The summed E-state index contributed by atoms with van der Waals surface area (Å²) in [7, 11) is 0. The Morgan fingerprint density at radius 2 is 1.89 bits per heavy atom. The molecule has 3 aromatic rings. The van der Waals surface area contributed by atoms with E-state index in [0.29, 0.717) is 5.71 Å². The number of phenolic OH excluding ortho intramolecular Hbond substituents is 1. The summed E-state index contributed by atoms with van der Waals surface area (Å²) in [6, 6.07) is 2.46. The van der Waals surface area contributed by atoms with Crippen molar-refractivity contribution in [3.8, 4) is 23.1 Å². The highest BCUT2D eigenvalue weighted by Crippen LogP contribution is 2.45. The van der Waals surface area contributed by atoms with Crippen LogP contribution in [0.5, 0.6) is 5.75 Å². The Kier molecular flexibility index (Phi) is 9.19. The van der Waals surface area contributed by atoms with Crippen molar-refractivity contribution in [1.29, 1.82) is 5.26 Å². The van der Waals surface area contributed by atoms with Crippen LogP contribution in [0.4, 0.5) is 14.5 Å². The lowest BCUT2D eigenvalue weighted by Gasteiger charge is -2.41. The fraction of sp³-hybridized carbons (Fsp3) is 0.344. The predicted molar refractivity (Wildman–Crippen MR) is 176 cm³/mol. The predicted octanol–water partition coefficient (Wildman–Crippen LogP) is 6.90. The van der Waals surface area contributed by atoms with Gasteiger partial charge < -0.3 is 14.9 Å². The Labute approximate surface area is 278 Å². The molecule has 0 saturated carbocycles. The Morgan fingerprint density at radius 3 is 2.50 bits per heavy atom. The number of rotatable bonds is 5. The highest BCUT2D eigenvalue weighted by molar-refractivity contribution is 6.39. The number of carbonyl (C=O) groups excluding carboxylic acids is 1. The SMILES string of the molecule is C=CC(=O)N1CCN(c2c(C#N)c(=O)n(C3C(C(C)C)=NC=CC3C)c3nc(-c4c(F)c(O)c(Cl)c(F)c4Cl)c(Cl)cc23)C[C@H]1C. The van der Waals surface area contributed by atoms with Crippen LogP contribution >= 0.6 is 34.8 Å². The van der Waals surface area contributed by atoms with Gasteiger partial charge in [-0.25, -0.2) is 13.8 Å². The molecule has 3 atom stereocenters. The number of halogens is 5. The van der Waals surface area contributed by atoms with Gasteiger partial charge in [0.1, 0.15) is 22.3 Å². The van der Waals surface area contributed by atoms with Crippen molar-refractivity contribution < 1.29 is 18.7 Å². The molecule has 0 spiro atoms. The maximum Gasteiger partial charge on any atom is 0.272 e. The van der Waals surface area contributed by atoms with E-state index in [1.807, 2.05) is 38.7 Å². The second-order valence-electron chi connectivity index (χ2n) is 11.6. The van der Waals surface area contributed by atoms with Crippen LogP contribution in [0, 0.1) is 34.8 Å². The smallest absolute Gasteiger partial charge is 0.272 e. The van der Waals surface area contributed by atoms with E-state index < -0.39 is 44.6 Å². The number of amides is 1. The molecule has 0 aliphatic carbocycles. The highest BCUT2D eigenvalue weighted by Gasteiger charge is 2.36. The topological polar surface area (TPSA) is 115 Å². The Balaban J connectivity index is 1.89. The molecule has 0 radical (unpaired) electrons. The van der Waals surface area contributed by atoms with E-state index in [-0.39, 0.29) is 76.4 Å². The quantitative estimate of drug-likeness (QED) is 0.177. The molecule has 2 unspecified atom stereocenters. The first kappa shape index (κ1) is 33.4. The molecule has 4 heterocycles. The van der Waals surface area contributed by atoms with E-state index in [2.05, 4.69) is 22.6 Å². The van der Waals surface area contributed by atoms with Crippen LogP contribution < -0.4 is 10.5 Å². The number of allylic oxidation sites excluding steroid dienone is 1. The molecule has 2 aliphatic rings. The van der Waals surface area contributed by atoms with Gasteiger partial charge in [-0.3, -0.25) is 19.1 Å². The molecular weight excluding hydrogens is 661 g/mol. The lowest BCUT2D eigenvalue weighted by molar-refractivity contribution is -0.128. The van der Waals surface area contributed by atoms with Crippen molar-refractivity contribution >= 4 is 63.1 Å². The van der Waals surface area contributed by atoms with Gasteiger partial charge in [0.05, 0.1) is 33.0 Å². The molecule has 1 amide bonds. The summed E-state index contributed by atoms with van der Waals surface area (Å²) in [5.41, 5.74) is -1.01. The van der Waals surface area contributed by atoms with Gasteiger partial charge in [-0.15, -0.1) is 0 Å². The third-order valence-corrected chi connectivity index (χ3v) is 9.37. The number of pyridine rings is 2. The second-order valence-corrected chi connectivity index (χ2v) is 12.7. The monoisotopic (exact) mass is 688 g/mol. The number of nitriles is 1.